The summed E-state index contributed by atoms with van der Waals surface area (Å²) in [7, 11) is 1.87. The zero-order valence-corrected chi connectivity index (χ0v) is 9.87. The molecule has 0 amide bonds. The lowest BCUT2D eigenvalue weighted by Crippen LogP contribution is -1.90. The molecule has 0 aliphatic carbocycles. The zero-order chi connectivity index (χ0) is 12.3. The molecule has 2 rings (SSSR count). The quantitative estimate of drug-likeness (QED) is 0.686. The maximum absolute atomic E-state index is 13.5. The molecule has 1 heterocycles. The number of aromatic nitrogens is 2. The second kappa shape index (κ2) is 4.84. The van der Waals surface area contributed by atoms with Crippen LogP contribution in [0.1, 0.15) is 23.7 Å². The Bertz CT molecular complexity index is 588. The Morgan fingerprint density at radius 2 is 2.18 bits per heavy atom. The summed E-state index contributed by atoms with van der Waals surface area (Å²) in [6.07, 6.45) is 4.07. The van der Waals surface area contributed by atoms with Crippen molar-refractivity contribution in [1.82, 2.24) is 9.55 Å². The maximum Gasteiger partial charge on any atom is 0.127 e. The molecule has 0 spiro atoms. The average molecular weight is 228 g/mol. The smallest absolute Gasteiger partial charge is 0.127 e. The van der Waals surface area contributed by atoms with E-state index in [9.17, 15) is 4.39 Å². The van der Waals surface area contributed by atoms with Gasteiger partial charge < -0.3 is 4.57 Å². The highest BCUT2D eigenvalue weighted by Gasteiger charge is 1.99. The summed E-state index contributed by atoms with van der Waals surface area (Å²) >= 11 is 0. The molecule has 1 aromatic carbocycles. The molecule has 0 aliphatic rings. The van der Waals surface area contributed by atoms with Crippen LogP contribution in [0.5, 0.6) is 0 Å². The van der Waals surface area contributed by atoms with Crippen LogP contribution in [0.25, 0.3) is 0 Å². The highest BCUT2D eigenvalue weighted by atomic mass is 19.1. The third kappa shape index (κ3) is 2.54. The van der Waals surface area contributed by atoms with Gasteiger partial charge in [0.05, 0.1) is 12.5 Å². The predicted molar refractivity (Wildman–Crippen MR) is 65.0 cm³/mol. The molecular weight excluding hydrogens is 215 g/mol. The fraction of sp³-hybridized carbons (Fsp3) is 0.214. The van der Waals surface area contributed by atoms with E-state index in [-0.39, 0.29) is 5.82 Å². The van der Waals surface area contributed by atoms with Gasteiger partial charge in [-0.15, -0.1) is 0 Å². The summed E-state index contributed by atoms with van der Waals surface area (Å²) in [5.74, 6) is 5.70. The fourth-order valence-corrected chi connectivity index (χ4v) is 1.53. The molecule has 0 N–H and O–H groups in total. The van der Waals surface area contributed by atoms with Crippen molar-refractivity contribution in [2.24, 2.45) is 7.05 Å². The van der Waals surface area contributed by atoms with Gasteiger partial charge in [0.1, 0.15) is 11.5 Å². The number of hydrogen-bond acceptors (Lipinski definition) is 1. The van der Waals surface area contributed by atoms with Gasteiger partial charge in [-0.25, -0.2) is 9.37 Å². The third-order valence-corrected chi connectivity index (χ3v) is 2.59. The second-order valence-corrected chi connectivity index (χ2v) is 3.80. The van der Waals surface area contributed by atoms with Gasteiger partial charge in [-0.3, -0.25) is 0 Å². The molecule has 0 saturated carbocycles. The Morgan fingerprint density at radius 1 is 1.35 bits per heavy atom. The van der Waals surface area contributed by atoms with Crippen molar-refractivity contribution in [3.8, 4) is 11.8 Å². The number of hydrogen-bond donors (Lipinski definition) is 0. The molecule has 3 heteroatoms. The van der Waals surface area contributed by atoms with E-state index in [1.807, 2.05) is 24.6 Å². The van der Waals surface area contributed by atoms with Crippen molar-refractivity contribution in [3.05, 3.63) is 53.4 Å². The zero-order valence-electron chi connectivity index (χ0n) is 9.87. The first kappa shape index (κ1) is 11.4. The Labute approximate surface area is 100 Å². The Kier molecular flexibility index (Phi) is 3.24. The van der Waals surface area contributed by atoms with Gasteiger partial charge in [0, 0.05) is 12.6 Å². The summed E-state index contributed by atoms with van der Waals surface area (Å²) in [5.41, 5.74) is 2.21. The lowest BCUT2D eigenvalue weighted by molar-refractivity contribution is 0.612. The van der Waals surface area contributed by atoms with Crippen LogP contribution in [-0.2, 0) is 13.5 Å². The van der Waals surface area contributed by atoms with Crippen molar-refractivity contribution in [1.29, 1.82) is 0 Å². The monoisotopic (exact) mass is 228 g/mol. The minimum absolute atomic E-state index is 0.190. The van der Waals surface area contributed by atoms with E-state index in [1.165, 1.54) is 6.07 Å². The van der Waals surface area contributed by atoms with Crippen LogP contribution < -0.4 is 0 Å². The highest BCUT2D eigenvalue weighted by molar-refractivity contribution is 5.41. The molecule has 2 aromatic rings. The van der Waals surface area contributed by atoms with E-state index in [4.69, 9.17) is 0 Å². The molecule has 0 atom stereocenters. The SMILES string of the molecule is CCc1ccc(C#Cc2cncn2C)cc1F. The van der Waals surface area contributed by atoms with Gasteiger partial charge in [0.15, 0.2) is 0 Å². The average Bonchev–Trinajstić information content (AvgIpc) is 2.72. The molecule has 0 fully saturated rings. The standard InChI is InChI=1S/C14H13FN2/c1-3-12-6-4-11(8-14(12)15)5-7-13-9-16-10-17(13)2/h4,6,8-10H,3H2,1-2H3. The molecule has 0 bridgehead atoms. The molecule has 2 nitrogen and oxygen atoms in total. The number of benzene rings is 1. The molecule has 0 radical (unpaired) electrons. The largest absolute Gasteiger partial charge is 0.327 e. The van der Waals surface area contributed by atoms with Gasteiger partial charge in [-0.05, 0) is 30.0 Å². The van der Waals surface area contributed by atoms with E-state index in [0.29, 0.717) is 12.0 Å². The number of rotatable bonds is 1. The van der Waals surface area contributed by atoms with Gasteiger partial charge in [0.2, 0.25) is 0 Å². The van der Waals surface area contributed by atoms with Crippen LogP contribution in [0.15, 0.2) is 30.7 Å². The van der Waals surface area contributed by atoms with Crippen molar-refractivity contribution in [2.45, 2.75) is 13.3 Å². The summed E-state index contributed by atoms with van der Waals surface area (Å²) in [5, 5.41) is 0. The Hall–Kier alpha value is -2.08. The van der Waals surface area contributed by atoms with Gasteiger partial charge >= 0.3 is 0 Å². The molecule has 0 unspecified atom stereocenters. The molecule has 17 heavy (non-hydrogen) atoms. The lowest BCUT2D eigenvalue weighted by Gasteiger charge is -1.98. The fourth-order valence-electron chi connectivity index (χ4n) is 1.53. The van der Waals surface area contributed by atoms with E-state index in [1.54, 1.807) is 18.6 Å². The Balaban J connectivity index is 2.29. The molecule has 1 aromatic heterocycles. The molecule has 0 saturated heterocycles. The first-order chi connectivity index (χ1) is 8.20. The van der Waals surface area contributed by atoms with Crippen molar-refractivity contribution in [2.75, 3.05) is 0 Å². The third-order valence-electron chi connectivity index (χ3n) is 2.59. The van der Waals surface area contributed by atoms with E-state index in [0.717, 1.165) is 11.3 Å². The number of nitrogens with zero attached hydrogens (tertiary/aromatic N) is 2. The van der Waals surface area contributed by atoms with Gasteiger partial charge in [-0.1, -0.05) is 18.9 Å². The summed E-state index contributed by atoms with van der Waals surface area (Å²) in [6.45, 7) is 1.93. The second-order valence-electron chi connectivity index (χ2n) is 3.80. The van der Waals surface area contributed by atoms with Crippen LogP contribution in [0.4, 0.5) is 4.39 Å². The summed E-state index contributed by atoms with van der Waals surface area (Å²) < 4.78 is 15.3. The number of aryl methyl sites for hydroxylation is 2. The number of halogens is 1. The number of imidazole rings is 1. The van der Waals surface area contributed by atoms with Crippen molar-refractivity contribution in [3.63, 3.8) is 0 Å². The van der Waals surface area contributed by atoms with Gasteiger partial charge in [-0.2, -0.15) is 0 Å². The van der Waals surface area contributed by atoms with Crippen molar-refractivity contribution < 1.29 is 4.39 Å². The Morgan fingerprint density at radius 3 is 2.76 bits per heavy atom. The van der Waals surface area contributed by atoms with E-state index < -0.39 is 0 Å². The molecular formula is C14H13FN2. The minimum Gasteiger partial charge on any atom is -0.327 e. The van der Waals surface area contributed by atoms with E-state index >= 15 is 0 Å². The van der Waals surface area contributed by atoms with E-state index in [2.05, 4.69) is 16.8 Å². The summed E-state index contributed by atoms with van der Waals surface area (Å²) in [6, 6.07) is 5.09. The highest BCUT2D eigenvalue weighted by Crippen LogP contribution is 2.10. The van der Waals surface area contributed by atoms with Crippen LogP contribution in [0.3, 0.4) is 0 Å². The predicted octanol–water partition coefficient (Wildman–Crippen LogP) is 2.52. The summed E-state index contributed by atoms with van der Waals surface area (Å²) in [4.78, 5) is 3.97. The van der Waals surface area contributed by atoms with Crippen LogP contribution in [0.2, 0.25) is 0 Å². The first-order valence-corrected chi connectivity index (χ1v) is 5.47. The van der Waals surface area contributed by atoms with Crippen LogP contribution in [-0.4, -0.2) is 9.55 Å². The first-order valence-electron chi connectivity index (χ1n) is 5.47. The lowest BCUT2D eigenvalue weighted by atomic mass is 10.1. The molecule has 86 valence electrons. The minimum atomic E-state index is -0.190. The van der Waals surface area contributed by atoms with Crippen molar-refractivity contribution >= 4 is 0 Å². The maximum atomic E-state index is 13.5. The van der Waals surface area contributed by atoms with Crippen LogP contribution >= 0.6 is 0 Å². The molecule has 0 aliphatic heterocycles. The normalized spacial score (nSPS) is 9.82. The topological polar surface area (TPSA) is 17.8 Å². The van der Waals surface area contributed by atoms with Crippen LogP contribution in [0, 0.1) is 17.7 Å². The van der Waals surface area contributed by atoms with Gasteiger partial charge in [0.25, 0.3) is 0 Å².